The van der Waals surface area contributed by atoms with Crippen molar-refractivity contribution in [3.8, 4) is 0 Å². The average molecular weight is 307 g/mol. The molecular weight excluding hydrogens is 288 g/mol. The van der Waals surface area contributed by atoms with E-state index in [0.29, 0.717) is 6.20 Å². The second kappa shape index (κ2) is 7.14. The number of carbonyl (C=O) groups is 3. The summed E-state index contributed by atoms with van der Waals surface area (Å²) in [6.07, 6.45) is -0.700. The van der Waals surface area contributed by atoms with Crippen molar-refractivity contribution < 1.29 is 33.0 Å². The topological polar surface area (TPSA) is 92.7 Å². The van der Waals surface area contributed by atoms with E-state index < -0.39 is 41.2 Å². The van der Waals surface area contributed by atoms with Crippen molar-refractivity contribution in [2.45, 2.75) is 40.0 Å². The molecule has 8 heteroatoms. The van der Waals surface area contributed by atoms with Gasteiger partial charge in [0.1, 0.15) is 0 Å². The van der Waals surface area contributed by atoms with Gasteiger partial charge in [-0.05, 0) is 6.92 Å². The van der Waals surface area contributed by atoms with Crippen molar-refractivity contribution in [1.82, 2.24) is 5.32 Å². The highest BCUT2D eigenvalue weighted by Crippen LogP contribution is 2.25. The van der Waals surface area contributed by atoms with Crippen LogP contribution in [-0.4, -0.2) is 35.5 Å². The number of rotatable bonds is 6. The molecule has 0 fully saturated rings. The first-order valence-corrected chi connectivity index (χ1v) is 6.20. The summed E-state index contributed by atoms with van der Waals surface area (Å²) >= 11 is 0. The van der Waals surface area contributed by atoms with E-state index in [9.17, 15) is 23.2 Å². The lowest BCUT2D eigenvalue weighted by Gasteiger charge is -2.17. The Morgan fingerprint density at radius 2 is 1.76 bits per heavy atom. The summed E-state index contributed by atoms with van der Waals surface area (Å²) in [5.41, 5.74) is -1.62. The first kappa shape index (κ1) is 19.0. The van der Waals surface area contributed by atoms with Crippen LogP contribution in [0.15, 0.2) is 11.8 Å². The van der Waals surface area contributed by atoms with Crippen LogP contribution in [0.3, 0.4) is 0 Å². The smallest absolute Gasteiger partial charge is 0.377 e. The van der Waals surface area contributed by atoms with Crippen molar-refractivity contribution in [2.75, 3.05) is 6.61 Å². The van der Waals surface area contributed by atoms with E-state index >= 15 is 0 Å². The molecule has 0 bridgehead atoms. The third-order valence-electron chi connectivity index (χ3n) is 2.32. The molecule has 0 spiro atoms. The van der Waals surface area contributed by atoms with Crippen LogP contribution >= 0.6 is 0 Å². The van der Waals surface area contributed by atoms with Crippen LogP contribution in [0.2, 0.25) is 0 Å². The van der Waals surface area contributed by atoms with Gasteiger partial charge in [-0.3, -0.25) is 4.79 Å². The molecule has 0 unspecified atom stereocenters. The first-order chi connectivity index (χ1) is 9.41. The summed E-state index contributed by atoms with van der Waals surface area (Å²) in [6, 6.07) is 0. The van der Waals surface area contributed by atoms with Crippen LogP contribution in [0.25, 0.3) is 0 Å². The lowest BCUT2D eigenvalue weighted by Crippen LogP contribution is -2.34. The molecule has 0 atom stereocenters. The SMILES string of the molecule is CCOC(=O)C(F)(F)C/C(=C/NC(=O)C(C)(C)C)C(=O)O. The number of nitrogens with one attached hydrogen (secondary N) is 1. The number of carboxylic acids is 1. The van der Waals surface area contributed by atoms with Gasteiger partial charge in [0.05, 0.1) is 18.6 Å². The number of amides is 1. The summed E-state index contributed by atoms with van der Waals surface area (Å²) in [7, 11) is 0. The molecule has 0 aromatic carbocycles. The fourth-order valence-electron chi connectivity index (χ4n) is 1.11. The molecule has 21 heavy (non-hydrogen) atoms. The summed E-state index contributed by atoms with van der Waals surface area (Å²) in [4.78, 5) is 33.5. The van der Waals surface area contributed by atoms with Crippen molar-refractivity contribution in [1.29, 1.82) is 0 Å². The van der Waals surface area contributed by atoms with Crippen molar-refractivity contribution in [3.63, 3.8) is 0 Å². The Hall–Kier alpha value is -1.99. The molecular formula is C13H19F2NO5. The highest BCUT2D eigenvalue weighted by Gasteiger charge is 2.42. The van der Waals surface area contributed by atoms with E-state index in [4.69, 9.17) is 5.11 Å². The number of carbonyl (C=O) groups excluding carboxylic acids is 2. The Kier molecular flexibility index (Phi) is 6.47. The van der Waals surface area contributed by atoms with E-state index in [0.717, 1.165) is 0 Å². The maximum absolute atomic E-state index is 13.5. The maximum Gasteiger partial charge on any atom is 0.377 e. The fraction of sp³-hybridized carbons (Fsp3) is 0.615. The van der Waals surface area contributed by atoms with Crippen molar-refractivity contribution >= 4 is 17.8 Å². The molecule has 6 nitrogen and oxygen atoms in total. The van der Waals surface area contributed by atoms with Gasteiger partial charge in [-0.1, -0.05) is 20.8 Å². The van der Waals surface area contributed by atoms with Crippen molar-refractivity contribution in [2.24, 2.45) is 5.41 Å². The zero-order chi connectivity index (χ0) is 16.8. The minimum absolute atomic E-state index is 0.249. The Morgan fingerprint density at radius 3 is 2.14 bits per heavy atom. The number of esters is 1. The van der Waals surface area contributed by atoms with Gasteiger partial charge in [0.2, 0.25) is 5.91 Å². The summed E-state index contributed by atoms with van der Waals surface area (Å²) in [5, 5.41) is 11.0. The summed E-state index contributed by atoms with van der Waals surface area (Å²) in [5.74, 6) is -7.99. The van der Waals surface area contributed by atoms with Crippen LogP contribution in [0.5, 0.6) is 0 Å². The molecule has 0 aliphatic carbocycles. The molecule has 0 saturated carbocycles. The monoisotopic (exact) mass is 307 g/mol. The van der Waals surface area contributed by atoms with E-state index in [2.05, 4.69) is 10.1 Å². The molecule has 120 valence electrons. The summed E-state index contributed by atoms with van der Waals surface area (Å²) < 4.78 is 31.1. The number of halogens is 2. The normalized spacial score (nSPS) is 12.8. The van der Waals surface area contributed by atoms with Gasteiger partial charge in [0.25, 0.3) is 0 Å². The number of hydrogen-bond acceptors (Lipinski definition) is 4. The fourth-order valence-corrected chi connectivity index (χ4v) is 1.11. The molecule has 0 rings (SSSR count). The van der Waals surface area contributed by atoms with Crippen molar-refractivity contribution in [3.05, 3.63) is 11.8 Å². The molecule has 0 aliphatic heterocycles. The number of aliphatic carboxylic acids is 1. The predicted molar refractivity (Wildman–Crippen MR) is 69.5 cm³/mol. The van der Waals surface area contributed by atoms with Gasteiger partial charge in [-0.25, -0.2) is 9.59 Å². The van der Waals surface area contributed by atoms with E-state index in [1.165, 1.54) is 6.92 Å². The molecule has 0 radical (unpaired) electrons. The van der Waals surface area contributed by atoms with Crippen LogP contribution in [0.1, 0.15) is 34.1 Å². The van der Waals surface area contributed by atoms with Gasteiger partial charge in [-0.15, -0.1) is 0 Å². The van der Waals surface area contributed by atoms with Gasteiger partial charge in [-0.2, -0.15) is 8.78 Å². The van der Waals surface area contributed by atoms with Crippen LogP contribution < -0.4 is 5.32 Å². The van der Waals surface area contributed by atoms with E-state index in [1.807, 2.05) is 0 Å². The minimum Gasteiger partial charge on any atom is -0.478 e. The largest absolute Gasteiger partial charge is 0.478 e. The number of alkyl halides is 2. The Labute approximate surface area is 121 Å². The zero-order valence-corrected chi connectivity index (χ0v) is 12.3. The standard InChI is InChI=1S/C13H19F2NO5/c1-5-21-11(20)13(14,15)6-8(9(17)18)7-16-10(19)12(2,3)4/h7H,5-6H2,1-4H3,(H,16,19)(H,17,18)/b8-7-. The van der Waals surface area contributed by atoms with E-state index in [-0.39, 0.29) is 6.61 Å². The quantitative estimate of drug-likeness (QED) is 0.575. The average Bonchev–Trinajstić information content (AvgIpc) is 2.32. The molecule has 0 aromatic rings. The van der Waals surface area contributed by atoms with Crippen LogP contribution in [-0.2, 0) is 19.1 Å². The van der Waals surface area contributed by atoms with Gasteiger partial charge < -0.3 is 15.2 Å². The lowest BCUT2D eigenvalue weighted by molar-refractivity contribution is -0.171. The lowest BCUT2D eigenvalue weighted by atomic mass is 9.96. The second-order valence-corrected chi connectivity index (χ2v) is 5.30. The Bertz CT molecular complexity index is 452. The van der Waals surface area contributed by atoms with E-state index in [1.54, 1.807) is 20.8 Å². The zero-order valence-electron chi connectivity index (χ0n) is 12.3. The molecule has 0 aliphatic rings. The molecule has 0 saturated heterocycles. The number of hydrogen-bond donors (Lipinski definition) is 2. The minimum atomic E-state index is -3.98. The van der Waals surface area contributed by atoms with Gasteiger partial charge >= 0.3 is 17.9 Å². The van der Waals surface area contributed by atoms with Gasteiger partial charge in [0.15, 0.2) is 0 Å². The molecule has 0 heterocycles. The number of carboxylic acid groups (broad SMARTS) is 1. The molecule has 1 amide bonds. The molecule has 2 N–H and O–H groups in total. The van der Waals surface area contributed by atoms with Gasteiger partial charge in [0, 0.05) is 11.6 Å². The van der Waals surface area contributed by atoms with Crippen LogP contribution in [0, 0.1) is 5.41 Å². The number of ether oxygens (including phenoxy) is 1. The first-order valence-electron chi connectivity index (χ1n) is 6.20. The third-order valence-corrected chi connectivity index (χ3v) is 2.32. The highest BCUT2D eigenvalue weighted by atomic mass is 19.3. The van der Waals surface area contributed by atoms with Crippen LogP contribution in [0.4, 0.5) is 8.78 Å². The third kappa shape index (κ3) is 6.33. The maximum atomic E-state index is 13.5. The molecule has 0 aromatic heterocycles. The highest BCUT2D eigenvalue weighted by molar-refractivity contribution is 5.90. The summed E-state index contributed by atoms with van der Waals surface area (Å²) in [6.45, 7) is 5.82. The Balaban J connectivity index is 5.05. The second-order valence-electron chi connectivity index (χ2n) is 5.30. The predicted octanol–water partition coefficient (Wildman–Crippen LogP) is 1.71. The Morgan fingerprint density at radius 1 is 1.24 bits per heavy atom.